The number of aryl methyl sites for hydroxylation is 2. The summed E-state index contributed by atoms with van der Waals surface area (Å²) in [6.07, 6.45) is 7.38. The smallest absolute Gasteiger partial charge is 0.227 e. The van der Waals surface area contributed by atoms with Gasteiger partial charge < -0.3 is 29.6 Å². The Balaban J connectivity index is 1.37. The van der Waals surface area contributed by atoms with Crippen molar-refractivity contribution < 1.29 is 23.7 Å². The van der Waals surface area contributed by atoms with E-state index in [1.807, 2.05) is 48.2 Å². The van der Waals surface area contributed by atoms with E-state index in [1.165, 1.54) is 5.56 Å². The molecule has 0 aromatic heterocycles. The highest BCUT2D eigenvalue weighted by atomic mass is 35.5. The zero-order chi connectivity index (χ0) is 33.8. The molecule has 0 heterocycles. The molecule has 2 N–H and O–H groups in total. The largest absolute Gasteiger partial charge is 0.490 e. The normalized spacial score (nSPS) is 14.0. The van der Waals surface area contributed by atoms with E-state index in [9.17, 15) is 4.79 Å². The fraction of sp³-hybridized carbons (Fsp3) is 0.486. The number of carbonyl (C=O) groups is 1. The Morgan fingerprint density at radius 3 is 2.26 bits per heavy atom. The number of rotatable bonds is 20. The minimum absolute atomic E-state index is 0.0850. The minimum atomic E-state index is -0.318. The molecule has 1 amide bonds. The Kier molecular flexibility index (Phi) is 14.9. The molecule has 1 aliphatic carbocycles. The Hall–Kier alpha value is -2.62. The lowest BCUT2D eigenvalue weighted by Crippen LogP contribution is -2.41. The van der Waals surface area contributed by atoms with Gasteiger partial charge in [-0.3, -0.25) is 4.79 Å². The summed E-state index contributed by atoms with van der Waals surface area (Å²) < 4.78 is 23.2. The van der Waals surface area contributed by atoms with Crippen LogP contribution in [0.1, 0.15) is 54.9 Å². The van der Waals surface area contributed by atoms with E-state index in [1.54, 1.807) is 18.9 Å². The quantitative estimate of drug-likeness (QED) is 0.0941. The van der Waals surface area contributed by atoms with Crippen molar-refractivity contribution in [2.45, 2.75) is 70.4 Å². The topological polar surface area (TPSA) is 83.3 Å². The van der Waals surface area contributed by atoms with Gasteiger partial charge in [-0.05, 0) is 110 Å². The van der Waals surface area contributed by atoms with Crippen molar-refractivity contribution in [3.8, 4) is 17.2 Å². The number of nitrogens with zero attached hydrogens (tertiary/aromatic N) is 1. The summed E-state index contributed by atoms with van der Waals surface area (Å²) in [6, 6.07) is 18.1. The van der Waals surface area contributed by atoms with Crippen LogP contribution >= 0.6 is 35.0 Å². The van der Waals surface area contributed by atoms with Crippen LogP contribution in [0.5, 0.6) is 17.2 Å². The summed E-state index contributed by atoms with van der Waals surface area (Å²) in [5, 5.41) is 0.954. The summed E-state index contributed by atoms with van der Waals surface area (Å²) in [6.45, 7) is 6.20. The van der Waals surface area contributed by atoms with Gasteiger partial charge in [0.05, 0.1) is 16.0 Å². The molecule has 3 aromatic carbocycles. The van der Waals surface area contributed by atoms with Crippen molar-refractivity contribution in [2.24, 2.45) is 11.7 Å². The molecule has 1 fully saturated rings. The molecule has 0 bridgehead atoms. The fourth-order valence-electron chi connectivity index (χ4n) is 5.51. The van der Waals surface area contributed by atoms with E-state index in [-0.39, 0.29) is 29.8 Å². The van der Waals surface area contributed by atoms with Gasteiger partial charge in [-0.2, -0.15) is 0 Å². The zero-order valence-corrected chi connectivity index (χ0v) is 30.3. The van der Waals surface area contributed by atoms with Gasteiger partial charge in [0.2, 0.25) is 5.91 Å². The van der Waals surface area contributed by atoms with Gasteiger partial charge in [-0.1, -0.05) is 48.3 Å². The SMILES string of the molecule is CCC(Oc1cc(CCCOC)cc(CN(C(=O)C(CN)Cc2ccc(OCCOc3c(Cl)cc(C)cc3Cl)cc2)C2CC2)c1)SC. The molecular weight excluding hydrogens is 655 g/mol. The van der Waals surface area contributed by atoms with Gasteiger partial charge >= 0.3 is 0 Å². The summed E-state index contributed by atoms with van der Waals surface area (Å²) in [5.74, 6) is 1.81. The molecule has 10 heteroatoms. The molecule has 1 aliphatic rings. The van der Waals surface area contributed by atoms with Gasteiger partial charge in [0.15, 0.2) is 5.75 Å². The number of ether oxygens (including phenoxy) is 4. The van der Waals surface area contributed by atoms with Gasteiger partial charge in [0.1, 0.15) is 30.1 Å². The third-order valence-corrected chi connectivity index (χ3v) is 9.62. The van der Waals surface area contributed by atoms with E-state index in [2.05, 4.69) is 31.4 Å². The summed E-state index contributed by atoms with van der Waals surface area (Å²) in [5.41, 5.74) is 10.6. The average Bonchev–Trinajstić information content (AvgIpc) is 3.90. The predicted octanol–water partition coefficient (Wildman–Crippen LogP) is 8.13. The molecule has 2 atom stereocenters. The molecule has 3 aromatic rings. The summed E-state index contributed by atoms with van der Waals surface area (Å²) in [7, 11) is 1.72. The molecule has 47 heavy (non-hydrogen) atoms. The molecule has 0 saturated heterocycles. The van der Waals surface area contributed by atoms with Gasteiger partial charge in [0.25, 0.3) is 0 Å². The highest BCUT2D eigenvalue weighted by Gasteiger charge is 2.35. The first-order valence-electron chi connectivity index (χ1n) is 16.4. The summed E-state index contributed by atoms with van der Waals surface area (Å²) >= 11 is 14.2. The Morgan fingerprint density at radius 1 is 0.957 bits per heavy atom. The van der Waals surface area contributed by atoms with Crippen molar-refractivity contribution in [1.29, 1.82) is 0 Å². The first kappa shape index (κ1) is 37.2. The number of hydrogen-bond acceptors (Lipinski definition) is 7. The van der Waals surface area contributed by atoms with Crippen LogP contribution in [-0.4, -0.2) is 62.0 Å². The molecule has 256 valence electrons. The monoisotopic (exact) mass is 702 g/mol. The van der Waals surface area contributed by atoms with E-state index in [4.69, 9.17) is 47.9 Å². The van der Waals surface area contributed by atoms with Crippen molar-refractivity contribution in [1.82, 2.24) is 4.90 Å². The molecular formula is C37H48Cl2N2O5S. The Morgan fingerprint density at radius 2 is 1.64 bits per heavy atom. The van der Waals surface area contributed by atoms with Crippen molar-refractivity contribution in [3.05, 3.63) is 86.9 Å². The molecule has 0 aliphatic heterocycles. The fourth-order valence-corrected chi connectivity index (χ4v) is 6.76. The van der Waals surface area contributed by atoms with E-state index in [0.29, 0.717) is 54.3 Å². The maximum absolute atomic E-state index is 14.0. The number of carbonyl (C=O) groups excluding carboxylic acids is 1. The van der Waals surface area contributed by atoms with E-state index in [0.717, 1.165) is 54.5 Å². The molecule has 0 radical (unpaired) electrons. The zero-order valence-electron chi connectivity index (χ0n) is 27.9. The number of halogens is 2. The second-order valence-corrected chi connectivity index (χ2v) is 13.8. The maximum atomic E-state index is 14.0. The van der Waals surface area contributed by atoms with Crippen LogP contribution in [0.2, 0.25) is 10.0 Å². The highest BCUT2D eigenvalue weighted by molar-refractivity contribution is 7.99. The number of hydrogen-bond donors (Lipinski definition) is 1. The maximum Gasteiger partial charge on any atom is 0.227 e. The van der Waals surface area contributed by atoms with Crippen LogP contribution in [0, 0.1) is 12.8 Å². The van der Waals surface area contributed by atoms with Crippen molar-refractivity contribution in [3.63, 3.8) is 0 Å². The van der Waals surface area contributed by atoms with Crippen molar-refractivity contribution in [2.75, 3.05) is 39.7 Å². The molecule has 7 nitrogen and oxygen atoms in total. The first-order valence-corrected chi connectivity index (χ1v) is 18.4. The van der Waals surface area contributed by atoms with Gasteiger partial charge in [0, 0.05) is 32.8 Å². The van der Waals surface area contributed by atoms with E-state index >= 15 is 0 Å². The second kappa shape index (κ2) is 18.8. The number of nitrogens with two attached hydrogens (primary N) is 1. The van der Waals surface area contributed by atoms with Crippen LogP contribution in [0.25, 0.3) is 0 Å². The number of benzene rings is 3. The lowest BCUT2D eigenvalue weighted by atomic mass is 9.97. The molecule has 4 rings (SSSR count). The minimum Gasteiger partial charge on any atom is -0.490 e. The third kappa shape index (κ3) is 11.5. The third-order valence-electron chi connectivity index (χ3n) is 8.11. The molecule has 1 saturated carbocycles. The van der Waals surface area contributed by atoms with Crippen LogP contribution in [0.15, 0.2) is 54.6 Å². The predicted molar refractivity (Wildman–Crippen MR) is 193 cm³/mol. The van der Waals surface area contributed by atoms with Gasteiger partial charge in [-0.15, -0.1) is 11.8 Å². The van der Waals surface area contributed by atoms with Crippen LogP contribution in [-0.2, 0) is 28.9 Å². The first-order chi connectivity index (χ1) is 22.7. The van der Waals surface area contributed by atoms with Crippen molar-refractivity contribution >= 4 is 40.9 Å². The Labute approximate surface area is 294 Å². The van der Waals surface area contributed by atoms with Crippen LogP contribution in [0.3, 0.4) is 0 Å². The Bertz CT molecular complexity index is 1410. The number of amides is 1. The lowest BCUT2D eigenvalue weighted by molar-refractivity contribution is -0.136. The van der Waals surface area contributed by atoms with Crippen LogP contribution in [0.4, 0.5) is 0 Å². The molecule has 2 unspecified atom stereocenters. The standard InChI is InChI=1S/C37H48Cl2N2O5S/c1-5-35(47-4)46-32-21-27(7-6-14-43-3)19-28(22-32)24-41(30-10-11-30)37(42)29(23-40)20-26-8-12-31(13-9-26)44-15-16-45-36-33(38)17-25(2)18-34(36)39/h8-9,12-13,17-19,21-22,29-30,35H,5-7,10-11,14-16,20,23-24,40H2,1-4H3. The lowest BCUT2D eigenvalue weighted by Gasteiger charge is -2.28. The molecule has 0 spiro atoms. The second-order valence-electron chi connectivity index (χ2n) is 12.0. The van der Waals surface area contributed by atoms with Gasteiger partial charge in [-0.25, -0.2) is 0 Å². The number of methoxy groups -OCH3 is 1. The number of thioether (sulfide) groups is 1. The van der Waals surface area contributed by atoms with E-state index < -0.39 is 0 Å². The summed E-state index contributed by atoms with van der Waals surface area (Å²) in [4.78, 5) is 16.0. The highest BCUT2D eigenvalue weighted by Crippen LogP contribution is 2.34. The van der Waals surface area contributed by atoms with Crippen LogP contribution < -0.4 is 19.9 Å². The average molecular weight is 704 g/mol.